The summed E-state index contributed by atoms with van der Waals surface area (Å²) in [5.74, 6) is 0.791. The van der Waals surface area contributed by atoms with Crippen LogP contribution in [0.2, 0.25) is 0 Å². The average Bonchev–Trinajstić information content (AvgIpc) is 2.65. The van der Waals surface area contributed by atoms with Crippen LogP contribution in [0.4, 0.5) is 0 Å². The van der Waals surface area contributed by atoms with E-state index in [9.17, 15) is 0 Å². The van der Waals surface area contributed by atoms with E-state index in [1.54, 1.807) is 0 Å². The zero-order chi connectivity index (χ0) is 8.67. The largest absolute Gasteiger partial charge is 0.301 e. The predicted octanol–water partition coefficient (Wildman–Crippen LogP) is 0.764. The van der Waals surface area contributed by atoms with Crippen molar-refractivity contribution in [3.63, 3.8) is 0 Å². The van der Waals surface area contributed by atoms with Crippen LogP contribution in [-0.2, 0) is 4.84 Å². The van der Waals surface area contributed by atoms with Gasteiger partial charge in [-0.3, -0.25) is 4.90 Å². The lowest BCUT2D eigenvalue weighted by Crippen LogP contribution is -2.56. The van der Waals surface area contributed by atoms with Crippen LogP contribution in [0.5, 0.6) is 0 Å². The third-order valence-electron chi connectivity index (χ3n) is 3.89. The summed E-state index contributed by atoms with van der Waals surface area (Å²) in [6.07, 6.45) is 5.51. The van der Waals surface area contributed by atoms with Crippen molar-refractivity contribution in [1.29, 1.82) is 0 Å². The van der Waals surface area contributed by atoms with Crippen molar-refractivity contribution >= 4 is 0 Å². The first-order valence-corrected chi connectivity index (χ1v) is 5.56. The fraction of sp³-hybridized carbons (Fsp3) is 1.00. The molecule has 0 bridgehead atoms. The minimum atomic E-state index is 0.633. The number of piperidine rings is 2. The molecule has 13 heavy (non-hydrogen) atoms. The maximum Gasteiger partial charge on any atom is 0.0727 e. The number of rotatable bonds is 0. The van der Waals surface area contributed by atoms with Gasteiger partial charge >= 0.3 is 0 Å². The molecule has 3 nitrogen and oxygen atoms in total. The summed E-state index contributed by atoms with van der Waals surface area (Å²) in [6.45, 7) is 3.56. The highest BCUT2D eigenvalue weighted by molar-refractivity contribution is 4.96. The molecule has 0 unspecified atom stereocenters. The molecule has 3 saturated heterocycles. The van der Waals surface area contributed by atoms with Gasteiger partial charge in [0.15, 0.2) is 0 Å². The SMILES string of the molecule is C1CCN2CC[C@H]3CON[C@H]3[C@H]2C1. The Hall–Kier alpha value is -0.120. The van der Waals surface area contributed by atoms with Crippen molar-refractivity contribution < 1.29 is 4.84 Å². The first-order valence-electron chi connectivity index (χ1n) is 5.56. The fourth-order valence-corrected chi connectivity index (χ4v) is 3.14. The van der Waals surface area contributed by atoms with E-state index in [4.69, 9.17) is 4.84 Å². The molecule has 0 amide bonds. The van der Waals surface area contributed by atoms with Crippen LogP contribution in [0, 0.1) is 5.92 Å². The van der Waals surface area contributed by atoms with E-state index in [-0.39, 0.29) is 0 Å². The topological polar surface area (TPSA) is 24.5 Å². The molecule has 3 aliphatic rings. The molecule has 3 atom stereocenters. The summed E-state index contributed by atoms with van der Waals surface area (Å²) in [4.78, 5) is 8.02. The zero-order valence-corrected chi connectivity index (χ0v) is 8.04. The quantitative estimate of drug-likeness (QED) is 0.598. The molecule has 0 aliphatic carbocycles. The summed E-state index contributed by atoms with van der Waals surface area (Å²) in [5.41, 5.74) is 3.22. The van der Waals surface area contributed by atoms with E-state index in [1.807, 2.05) is 0 Å². The monoisotopic (exact) mass is 182 g/mol. The lowest BCUT2D eigenvalue weighted by molar-refractivity contribution is 0.0386. The van der Waals surface area contributed by atoms with E-state index < -0.39 is 0 Å². The van der Waals surface area contributed by atoms with Crippen molar-refractivity contribution in [1.82, 2.24) is 10.4 Å². The van der Waals surface area contributed by atoms with Crippen molar-refractivity contribution in [3.05, 3.63) is 0 Å². The first kappa shape index (κ1) is 8.21. The second-order valence-electron chi connectivity index (χ2n) is 4.60. The van der Waals surface area contributed by atoms with E-state index in [0.717, 1.165) is 18.6 Å². The molecule has 0 radical (unpaired) electrons. The molecule has 74 valence electrons. The molecule has 0 aromatic rings. The molecule has 0 spiro atoms. The van der Waals surface area contributed by atoms with E-state index >= 15 is 0 Å². The van der Waals surface area contributed by atoms with Gasteiger partial charge in [0.05, 0.1) is 12.6 Å². The molecule has 0 saturated carbocycles. The van der Waals surface area contributed by atoms with Crippen LogP contribution in [0.25, 0.3) is 0 Å². The van der Waals surface area contributed by atoms with Crippen LogP contribution in [0.1, 0.15) is 25.7 Å². The fourth-order valence-electron chi connectivity index (χ4n) is 3.14. The summed E-state index contributed by atoms with van der Waals surface area (Å²) < 4.78 is 0. The number of hydrogen-bond acceptors (Lipinski definition) is 3. The number of nitrogens with one attached hydrogen (secondary N) is 1. The number of hydroxylamine groups is 1. The standard InChI is InChI=1S/C10H18N2O/c1-2-5-12-6-4-8-7-13-11-10(8)9(12)3-1/h8-11H,1-7H2/t8-,9+,10+/m0/s1. The molecule has 3 aliphatic heterocycles. The second kappa shape index (κ2) is 3.23. The third kappa shape index (κ3) is 1.30. The van der Waals surface area contributed by atoms with Crippen molar-refractivity contribution in [3.8, 4) is 0 Å². The lowest BCUT2D eigenvalue weighted by atomic mass is 9.83. The lowest BCUT2D eigenvalue weighted by Gasteiger charge is -2.44. The van der Waals surface area contributed by atoms with E-state index in [2.05, 4.69) is 10.4 Å². The number of nitrogens with zero attached hydrogens (tertiary/aromatic N) is 1. The Morgan fingerprint density at radius 1 is 1.15 bits per heavy atom. The smallest absolute Gasteiger partial charge is 0.0727 e. The Balaban J connectivity index is 1.77. The highest BCUT2D eigenvalue weighted by Crippen LogP contribution is 2.32. The van der Waals surface area contributed by atoms with Gasteiger partial charge in [0.25, 0.3) is 0 Å². The van der Waals surface area contributed by atoms with Crippen LogP contribution < -0.4 is 5.48 Å². The van der Waals surface area contributed by atoms with Gasteiger partial charge in [-0.2, -0.15) is 5.48 Å². The third-order valence-corrected chi connectivity index (χ3v) is 3.89. The Kier molecular flexibility index (Phi) is 2.04. The Bertz CT molecular complexity index is 197. The summed E-state index contributed by atoms with van der Waals surface area (Å²) >= 11 is 0. The average molecular weight is 182 g/mol. The Labute approximate surface area is 79.4 Å². The summed E-state index contributed by atoms with van der Waals surface area (Å²) in [7, 11) is 0. The maximum atomic E-state index is 5.36. The minimum absolute atomic E-state index is 0.633. The Morgan fingerprint density at radius 2 is 2.15 bits per heavy atom. The minimum Gasteiger partial charge on any atom is -0.301 e. The van der Waals surface area contributed by atoms with Crippen molar-refractivity contribution in [2.24, 2.45) is 5.92 Å². The normalized spacial score (nSPS) is 45.7. The Morgan fingerprint density at radius 3 is 3.15 bits per heavy atom. The van der Waals surface area contributed by atoms with Crippen molar-refractivity contribution in [2.45, 2.75) is 37.8 Å². The predicted molar refractivity (Wildman–Crippen MR) is 50.2 cm³/mol. The van der Waals surface area contributed by atoms with E-state index in [1.165, 1.54) is 38.8 Å². The molecule has 0 aromatic carbocycles. The van der Waals surface area contributed by atoms with Crippen LogP contribution >= 0.6 is 0 Å². The molecular weight excluding hydrogens is 164 g/mol. The second-order valence-corrected chi connectivity index (χ2v) is 4.60. The van der Waals surface area contributed by atoms with E-state index in [0.29, 0.717) is 6.04 Å². The van der Waals surface area contributed by atoms with Crippen molar-refractivity contribution in [2.75, 3.05) is 19.7 Å². The van der Waals surface area contributed by atoms with Crippen LogP contribution in [0.15, 0.2) is 0 Å². The van der Waals surface area contributed by atoms with Gasteiger partial charge in [0.1, 0.15) is 0 Å². The van der Waals surface area contributed by atoms with Gasteiger partial charge < -0.3 is 4.84 Å². The van der Waals surface area contributed by atoms with Crippen LogP contribution in [0.3, 0.4) is 0 Å². The molecule has 3 rings (SSSR count). The molecule has 1 N–H and O–H groups in total. The molecule has 3 fully saturated rings. The molecular formula is C10H18N2O. The van der Waals surface area contributed by atoms with Gasteiger partial charge in [0, 0.05) is 12.0 Å². The number of fused-ring (bicyclic) bond motifs is 3. The van der Waals surface area contributed by atoms with Gasteiger partial charge in [-0.1, -0.05) is 6.42 Å². The molecule has 0 aromatic heterocycles. The highest BCUT2D eigenvalue weighted by atomic mass is 16.7. The zero-order valence-electron chi connectivity index (χ0n) is 8.04. The maximum absolute atomic E-state index is 5.36. The highest BCUT2D eigenvalue weighted by Gasteiger charge is 2.42. The van der Waals surface area contributed by atoms with Gasteiger partial charge in [-0.05, 0) is 32.4 Å². The van der Waals surface area contributed by atoms with Gasteiger partial charge in [-0.25, -0.2) is 0 Å². The number of hydrogen-bond donors (Lipinski definition) is 1. The summed E-state index contributed by atoms with van der Waals surface area (Å²) in [6, 6.07) is 1.41. The van der Waals surface area contributed by atoms with Gasteiger partial charge in [0.2, 0.25) is 0 Å². The summed E-state index contributed by atoms with van der Waals surface area (Å²) in [5, 5.41) is 0. The molecule has 3 heterocycles. The van der Waals surface area contributed by atoms with Gasteiger partial charge in [-0.15, -0.1) is 0 Å². The molecule has 3 heteroatoms. The van der Waals surface area contributed by atoms with Crippen LogP contribution in [-0.4, -0.2) is 36.7 Å². The first-order chi connectivity index (χ1) is 6.45.